The van der Waals surface area contributed by atoms with Crippen molar-refractivity contribution >= 4 is 11.2 Å². The molecule has 0 saturated carbocycles. The third kappa shape index (κ3) is 2.28. The van der Waals surface area contributed by atoms with Gasteiger partial charge in [-0.05, 0) is 5.56 Å². The van der Waals surface area contributed by atoms with Crippen molar-refractivity contribution in [1.82, 2.24) is 19.1 Å². The fourth-order valence-corrected chi connectivity index (χ4v) is 2.48. The van der Waals surface area contributed by atoms with Gasteiger partial charge < -0.3 is 4.74 Å². The van der Waals surface area contributed by atoms with Crippen LogP contribution in [0, 0.1) is 0 Å². The van der Waals surface area contributed by atoms with Crippen LogP contribution in [0.2, 0.25) is 0 Å². The van der Waals surface area contributed by atoms with Gasteiger partial charge in [0.1, 0.15) is 6.33 Å². The van der Waals surface area contributed by atoms with Crippen LogP contribution in [0.25, 0.3) is 11.2 Å². The monoisotopic (exact) mass is 296 g/mol. The highest BCUT2D eigenvalue weighted by Gasteiger charge is 2.18. The molecule has 6 nitrogen and oxygen atoms in total. The van der Waals surface area contributed by atoms with Gasteiger partial charge in [0, 0.05) is 6.54 Å². The van der Waals surface area contributed by atoms with Gasteiger partial charge >= 0.3 is 5.69 Å². The van der Waals surface area contributed by atoms with Crippen molar-refractivity contribution in [1.29, 1.82) is 0 Å². The lowest BCUT2D eigenvalue weighted by Crippen LogP contribution is -2.24. The Morgan fingerprint density at radius 3 is 2.68 bits per heavy atom. The summed E-state index contributed by atoms with van der Waals surface area (Å²) < 4.78 is 8.47. The van der Waals surface area contributed by atoms with Crippen LogP contribution in [0.3, 0.4) is 0 Å². The van der Waals surface area contributed by atoms with E-state index < -0.39 is 0 Å². The zero-order valence-electron chi connectivity index (χ0n) is 12.3. The van der Waals surface area contributed by atoms with Crippen LogP contribution >= 0.6 is 0 Å². The van der Waals surface area contributed by atoms with Crippen LogP contribution in [0.5, 0.6) is 5.88 Å². The Labute approximate surface area is 127 Å². The standard InChI is InChI=1S/C16H16N4O2/c1-3-9-19-13-14(17-11-18-15(13)22-2)20(16(19)21)10-12-7-5-4-6-8-12/h3-8,11H,1,9-10H2,2H3. The molecule has 0 unspecified atom stereocenters. The molecule has 0 atom stereocenters. The summed E-state index contributed by atoms with van der Waals surface area (Å²) in [4.78, 5) is 21.1. The second-order valence-corrected chi connectivity index (χ2v) is 4.81. The molecule has 0 bridgehead atoms. The maximum atomic E-state index is 12.7. The van der Waals surface area contributed by atoms with E-state index in [1.165, 1.54) is 13.4 Å². The number of hydrogen-bond donors (Lipinski definition) is 0. The third-order valence-corrected chi connectivity index (χ3v) is 3.45. The Balaban J connectivity index is 2.24. The molecule has 0 saturated heterocycles. The maximum Gasteiger partial charge on any atom is 0.331 e. The Morgan fingerprint density at radius 1 is 1.23 bits per heavy atom. The summed E-state index contributed by atoms with van der Waals surface area (Å²) in [5.74, 6) is 0.385. The summed E-state index contributed by atoms with van der Waals surface area (Å²) >= 11 is 0. The van der Waals surface area contributed by atoms with E-state index in [-0.39, 0.29) is 5.69 Å². The zero-order chi connectivity index (χ0) is 15.5. The van der Waals surface area contributed by atoms with E-state index in [1.807, 2.05) is 30.3 Å². The van der Waals surface area contributed by atoms with Crippen molar-refractivity contribution in [2.45, 2.75) is 13.1 Å². The molecular formula is C16H16N4O2. The highest BCUT2D eigenvalue weighted by molar-refractivity contribution is 5.77. The van der Waals surface area contributed by atoms with Crippen molar-refractivity contribution < 1.29 is 4.74 Å². The average Bonchev–Trinajstić information content (AvgIpc) is 2.82. The number of aromatic nitrogens is 4. The maximum absolute atomic E-state index is 12.7. The molecule has 2 heterocycles. The smallest absolute Gasteiger partial charge is 0.331 e. The van der Waals surface area contributed by atoms with Gasteiger partial charge in [0.15, 0.2) is 11.2 Å². The number of nitrogens with zero attached hydrogens (tertiary/aromatic N) is 4. The van der Waals surface area contributed by atoms with Crippen LogP contribution in [0.1, 0.15) is 5.56 Å². The minimum absolute atomic E-state index is 0.155. The number of benzene rings is 1. The fraction of sp³-hybridized carbons (Fsp3) is 0.188. The summed E-state index contributed by atoms with van der Waals surface area (Å²) in [6, 6.07) is 9.78. The predicted octanol–water partition coefficient (Wildman–Crippen LogP) is 1.84. The van der Waals surface area contributed by atoms with Crippen LogP contribution in [0.15, 0.2) is 54.1 Å². The first kappa shape index (κ1) is 14.1. The summed E-state index contributed by atoms with van der Waals surface area (Å²) in [5, 5.41) is 0. The van der Waals surface area contributed by atoms with E-state index in [4.69, 9.17) is 4.74 Å². The van der Waals surface area contributed by atoms with E-state index in [0.717, 1.165) is 5.56 Å². The first-order chi connectivity index (χ1) is 10.8. The Bertz CT molecular complexity index is 865. The van der Waals surface area contributed by atoms with Crippen LogP contribution in [0.4, 0.5) is 0 Å². The largest absolute Gasteiger partial charge is 0.479 e. The minimum Gasteiger partial charge on any atom is -0.479 e. The molecule has 0 aliphatic heterocycles. The number of rotatable bonds is 5. The van der Waals surface area contributed by atoms with Gasteiger partial charge in [0.25, 0.3) is 0 Å². The predicted molar refractivity (Wildman–Crippen MR) is 84.1 cm³/mol. The second kappa shape index (κ2) is 5.85. The van der Waals surface area contributed by atoms with Gasteiger partial charge in [-0.25, -0.2) is 9.78 Å². The highest BCUT2D eigenvalue weighted by atomic mass is 16.5. The molecule has 0 aliphatic rings. The Hall–Kier alpha value is -2.89. The number of imidazole rings is 1. The van der Waals surface area contributed by atoms with Crippen LogP contribution in [-0.4, -0.2) is 26.2 Å². The molecule has 112 valence electrons. The average molecular weight is 296 g/mol. The fourth-order valence-electron chi connectivity index (χ4n) is 2.48. The molecular weight excluding hydrogens is 280 g/mol. The van der Waals surface area contributed by atoms with Gasteiger partial charge in [-0.2, -0.15) is 4.98 Å². The molecule has 0 radical (unpaired) electrons. The molecule has 3 aromatic rings. The topological polar surface area (TPSA) is 61.9 Å². The summed E-state index contributed by atoms with van der Waals surface area (Å²) in [5.41, 5.74) is 2.02. The lowest BCUT2D eigenvalue weighted by atomic mass is 10.2. The zero-order valence-corrected chi connectivity index (χ0v) is 12.3. The molecule has 0 spiro atoms. The van der Waals surface area contributed by atoms with Crippen molar-refractivity contribution in [2.24, 2.45) is 0 Å². The SMILES string of the molecule is C=CCn1c(=O)n(Cc2ccccc2)c2ncnc(OC)c21. The Kier molecular flexibility index (Phi) is 3.74. The number of hydrogen-bond acceptors (Lipinski definition) is 4. The molecule has 3 rings (SSSR count). The third-order valence-electron chi connectivity index (χ3n) is 3.45. The second-order valence-electron chi connectivity index (χ2n) is 4.81. The lowest BCUT2D eigenvalue weighted by Gasteiger charge is -2.03. The van der Waals surface area contributed by atoms with Gasteiger partial charge in [-0.3, -0.25) is 9.13 Å². The lowest BCUT2D eigenvalue weighted by molar-refractivity contribution is 0.400. The van der Waals surface area contributed by atoms with E-state index in [2.05, 4.69) is 16.5 Å². The van der Waals surface area contributed by atoms with Crippen molar-refractivity contribution in [3.8, 4) is 5.88 Å². The van der Waals surface area contributed by atoms with Gasteiger partial charge in [0.05, 0.1) is 13.7 Å². The minimum atomic E-state index is -0.155. The highest BCUT2D eigenvalue weighted by Crippen LogP contribution is 2.20. The summed E-state index contributed by atoms with van der Waals surface area (Å²) in [6.07, 6.45) is 3.07. The first-order valence-corrected chi connectivity index (χ1v) is 6.89. The van der Waals surface area contributed by atoms with Crippen LogP contribution in [-0.2, 0) is 13.1 Å². The summed E-state index contributed by atoms with van der Waals surface area (Å²) in [6.45, 7) is 4.52. The van der Waals surface area contributed by atoms with Crippen molar-refractivity contribution in [2.75, 3.05) is 7.11 Å². The van der Waals surface area contributed by atoms with E-state index in [0.29, 0.717) is 30.1 Å². The van der Waals surface area contributed by atoms with Gasteiger partial charge in [0.2, 0.25) is 5.88 Å². The Morgan fingerprint density at radius 2 is 2.00 bits per heavy atom. The molecule has 0 amide bonds. The van der Waals surface area contributed by atoms with E-state index in [9.17, 15) is 4.79 Å². The first-order valence-electron chi connectivity index (χ1n) is 6.89. The van der Waals surface area contributed by atoms with Crippen molar-refractivity contribution in [3.05, 3.63) is 65.4 Å². The van der Waals surface area contributed by atoms with Crippen molar-refractivity contribution in [3.63, 3.8) is 0 Å². The molecule has 22 heavy (non-hydrogen) atoms. The normalized spacial score (nSPS) is 10.8. The van der Waals surface area contributed by atoms with E-state index >= 15 is 0 Å². The molecule has 1 aromatic carbocycles. The number of fused-ring (bicyclic) bond motifs is 1. The molecule has 2 aromatic heterocycles. The van der Waals surface area contributed by atoms with Crippen LogP contribution < -0.4 is 10.4 Å². The molecule has 0 aliphatic carbocycles. The number of ether oxygens (including phenoxy) is 1. The summed E-state index contributed by atoms with van der Waals surface area (Å²) in [7, 11) is 1.53. The van der Waals surface area contributed by atoms with E-state index in [1.54, 1.807) is 15.2 Å². The quantitative estimate of drug-likeness (QED) is 0.674. The van der Waals surface area contributed by atoms with Gasteiger partial charge in [-0.15, -0.1) is 6.58 Å². The molecule has 0 N–H and O–H groups in total. The molecule has 0 fully saturated rings. The number of allylic oxidation sites excluding steroid dienone is 1. The molecule has 6 heteroatoms. The van der Waals surface area contributed by atoms with Gasteiger partial charge in [-0.1, -0.05) is 36.4 Å². The number of methoxy groups -OCH3 is 1.